The van der Waals surface area contributed by atoms with Crippen LogP contribution in [0.1, 0.15) is 10.4 Å². The van der Waals surface area contributed by atoms with Crippen LogP contribution in [0.5, 0.6) is 11.5 Å². The normalized spacial score (nSPS) is 9.96. The van der Waals surface area contributed by atoms with Crippen molar-refractivity contribution >= 4 is 17.5 Å². The van der Waals surface area contributed by atoms with E-state index in [1.807, 2.05) is 18.2 Å². The molecule has 0 saturated heterocycles. The molecule has 2 aromatic rings. The van der Waals surface area contributed by atoms with Crippen molar-refractivity contribution in [2.75, 3.05) is 33.1 Å². The number of nitrogens with zero attached hydrogens (tertiary/aromatic N) is 1. The van der Waals surface area contributed by atoms with Gasteiger partial charge in [0.15, 0.2) is 18.1 Å². The van der Waals surface area contributed by atoms with Crippen LogP contribution in [0, 0.1) is 0 Å². The molecule has 0 atom stereocenters. The summed E-state index contributed by atoms with van der Waals surface area (Å²) in [6, 6.07) is 14.1. The van der Waals surface area contributed by atoms with E-state index in [0.29, 0.717) is 17.0 Å². The van der Waals surface area contributed by atoms with Crippen molar-refractivity contribution in [1.29, 1.82) is 0 Å². The van der Waals surface area contributed by atoms with Gasteiger partial charge < -0.3 is 19.7 Å². The summed E-state index contributed by atoms with van der Waals surface area (Å²) in [5, 5.41) is 2.72. The SMILES string of the molecule is COc1cccc(C(=O)N(C)C)c1OCC(=O)Nc1ccccc1. The van der Waals surface area contributed by atoms with Gasteiger partial charge >= 0.3 is 0 Å². The van der Waals surface area contributed by atoms with Crippen LogP contribution in [-0.2, 0) is 4.79 Å². The van der Waals surface area contributed by atoms with Crippen LogP contribution < -0.4 is 14.8 Å². The van der Waals surface area contributed by atoms with Crippen molar-refractivity contribution in [3.8, 4) is 11.5 Å². The van der Waals surface area contributed by atoms with Crippen molar-refractivity contribution in [2.24, 2.45) is 0 Å². The van der Waals surface area contributed by atoms with Gasteiger partial charge in [0.1, 0.15) is 0 Å². The van der Waals surface area contributed by atoms with Crippen molar-refractivity contribution in [3.63, 3.8) is 0 Å². The fraction of sp³-hybridized carbons (Fsp3) is 0.222. The minimum Gasteiger partial charge on any atom is -0.493 e. The lowest BCUT2D eigenvalue weighted by Crippen LogP contribution is -2.24. The molecule has 0 aliphatic heterocycles. The molecule has 1 N–H and O–H groups in total. The molecule has 24 heavy (non-hydrogen) atoms. The van der Waals surface area contributed by atoms with Gasteiger partial charge in [-0.1, -0.05) is 24.3 Å². The van der Waals surface area contributed by atoms with Gasteiger partial charge in [0.05, 0.1) is 12.7 Å². The van der Waals surface area contributed by atoms with Crippen LogP contribution in [0.15, 0.2) is 48.5 Å². The number of amides is 2. The summed E-state index contributed by atoms with van der Waals surface area (Å²) in [6.07, 6.45) is 0. The first-order chi connectivity index (χ1) is 11.5. The highest BCUT2D eigenvalue weighted by molar-refractivity contribution is 5.98. The number of nitrogens with one attached hydrogen (secondary N) is 1. The molecule has 2 aromatic carbocycles. The van der Waals surface area contributed by atoms with Gasteiger partial charge in [-0.2, -0.15) is 0 Å². The molecule has 6 heteroatoms. The fourth-order valence-electron chi connectivity index (χ4n) is 2.09. The van der Waals surface area contributed by atoms with E-state index in [1.165, 1.54) is 12.0 Å². The van der Waals surface area contributed by atoms with E-state index < -0.39 is 0 Å². The van der Waals surface area contributed by atoms with Gasteiger partial charge in [0.2, 0.25) is 0 Å². The number of carbonyl (C=O) groups is 2. The number of rotatable bonds is 6. The third-order valence-electron chi connectivity index (χ3n) is 3.24. The molecule has 2 amide bonds. The minimum atomic E-state index is -0.324. The maximum Gasteiger partial charge on any atom is 0.262 e. The Kier molecular flexibility index (Phi) is 5.78. The summed E-state index contributed by atoms with van der Waals surface area (Å²) < 4.78 is 10.8. The summed E-state index contributed by atoms with van der Waals surface area (Å²) in [7, 11) is 4.78. The Morgan fingerprint density at radius 2 is 1.75 bits per heavy atom. The van der Waals surface area contributed by atoms with Crippen LogP contribution >= 0.6 is 0 Å². The van der Waals surface area contributed by atoms with Crippen LogP contribution in [0.3, 0.4) is 0 Å². The zero-order chi connectivity index (χ0) is 17.5. The molecule has 0 aliphatic rings. The van der Waals surface area contributed by atoms with Crippen molar-refractivity contribution in [1.82, 2.24) is 4.90 Å². The molecule has 0 unspecified atom stereocenters. The van der Waals surface area contributed by atoms with Crippen molar-refractivity contribution in [2.45, 2.75) is 0 Å². The van der Waals surface area contributed by atoms with Crippen LogP contribution in [0.25, 0.3) is 0 Å². The maximum atomic E-state index is 12.3. The zero-order valence-electron chi connectivity index (χ0n) is 13.9. The van der Waals surface area contributed by atoms with E-state index >= 15 is 0 Å². The summed E-state index contributed by atoms with van der Waals surface area (Å²) in [5.41, 5.74) is 1.02. The number of hydrogen-bond donors (Lipinski definition) is 1. The standard InChI is InChI=1S/C18H20N2O4/c1-20(2)18(22)14-10-7-11-15(23-3)17(14)24-12-16(21)19-13-8-5-4-6-9-13/h4-11H,12H2,1-3H3,(H,19,21). The molecule has 0 aliphatic carbocycles. The molecule has 126 valence electrons. The third kappa shape index (κ3) is 4.25. The highest BCUT2D eigenvalue weighted by atomic mass is 16.5. The molecule has 6 nitrogen and oxygen atoms in total. The first-order valence-electron chi connectivity index (χ1n) is 7.39. The second-order valence-electron chi connectivity index (χ2n) is 5.24. The summed E-state index contributed by atoms with van der Waals surface area (Å²) in [4.78, 5) is 25.7. The Bertz CT molecular complexity index is 714. The molecule has 0 aromatic heterocycles. The quantitative estimate of drug-likeness (QED) is 0.884. The molecule has 0 fully saturated rings. The minimum absolute atomic E-state index is 0.229. The second kappa shape index (κ2) is 8.01. The Morgan fingerprint density at radius 1 is 1.04 bits per heavy atom. The van der Waals surface area contributed by atoms with E-state index in [2.05, 4.69) is 5.32 Å². The summed E-state index contributed by atoms with van der Waals surface area (Å²) in [6.45, 7) is -0.233. The number of ether oxygens (including phenoxy) is 2. The lowest BCUT2D eigenvalue weighted by Gasteiger charge is -2.17. The lowest BCUT2D eigenvalue weighted by atomic mass is 10.1. The average molecular weight is 328 g/mol. The van der Waals surface area contributed by atoms with Gasteiger partial charge in [-0.3, -0.25) is 9.59 Å². The number of para-hydroxylation sites is 2. The van der Waals surface area contributed by atoms with E-state index in [0.717, 1.165) is 0 Å². The van der Waals surface area contributed by atoms with Crippen molar-refractivity contribution in [3.05, 3.63) is 54.1 Å². The van der Waals surface area contributed by atoms with E-state index in [9.17, 15) is 9.59 Å². The van der Waals surface area contributed by atoms with Crippen LogP contribution in [0.4, 0.5) is 5.69 Å². The maximum absolute atomic E-state index is 12.3. The smallest absolute Gasteiger partial charge is 0.262 e. The Balaban J connectivity index is 2.13. The Morgan fingerprint density at radius 3 is 2.38 bits per heavy atom. The highest BCUT2D eigenvalue weighted by Gasteiger charge is 2.19. The Hall–Kier alpha value is -3.02. The molecular weight excluding hydrogens is 308 g/mol. The van der Waals surface area contributed by atoms with Crippen LogP contribution in [0.2, 0.25) is 0 Å². The molecule has 0 radical (unpaired) electrons. The predicted octanol–water partition coefficient (Wildman–Crippen LogP) is 2.41. The number of methoxy groups -OCH3 is 1. The van der Waals surface area contributed by atoms with Gasteiger partial charge in [-0.25, -0.2) is 0 Å². The molecular formula is C18H20N2O4. The van der Waals surface area contributed by atoms with Crippen molar-refractivity contribution < 1.29 is 19.1 Å². The lowest BCUT2D eigenvalue weighted by molar-refractivity contribution is -0.118. The number of carbonyl (C=O) groups excluding carboxylic acids is 2. The van der Waals surface area contributed by atoms with Crippen LogP contribution in [-0.4, -0.2) is 44.5 Å². The number of benzene rings is 2. The molecule has 0 bridgehead atoms. The second-order valence-corrected chi connectivity index (χ2v) is 5.24. The molecule has 0 spiro atoms. The topological polar surface area (TPSA) is 67.9 Å². The number of anilines is 1. The van der Waals surface area contributed by atoms with Gasteiger partial charge in [-0.15, -0.1) is 0 Å². The first kappa shape index (κ1) is 17.3. The van der Waals surface area contributed by atoms with Gasteiger partial charge in [0.25, 0.3) is 11.8 Å². The summed E-state index contributed by atoms with van der Waals surface area (Å²) in [5.74, 6) is 0.0971. The van der Waals surface area contributed by atoms with Gasteiger partial charge in [-0.05, 0) is 24.3 Å². The molecule has 0 saturated carbocycles. The van der Waals surface area contributed by atoms with E-state index in [4.69, 9.17) is 9.47 Å². The largest absolute Gasteiger partial charge is 0.493 e. The first-order valence-corrected chi connectivity index (χ1v) is 7.39. The average Bonchev–Trinajstić information content (AvgIpc) is 2.59. The summed E-state index contributed by atoms with van der Waals surface area (Å²) >= 11 is 0. The van der Waals surface area contributed by atoms with Gasteiger partial charge in [0, 0.05) is 19.8 Å². The highest BCUT2D eigenvalue weighted by Crippen LogP contribution is 2.31. The monoisotopic (exact) mass is 328 g/mol. The molecule has 0 heterocycles. The third-order valence-corrected chi connectivity index (χ3v) is 3.24. The Labute approximate surface area is 141 Å². The van der Waals surface area contributed by atoms with E-state index in [-0.39, 0.29) is 24.2 Å². The van der Waals surface area contributed by atoms with E-state index in [1.54, 1.807) is 44.4 Å². The molecule has 2 rings (SSSR count). The fourth-order valence-corrected chi connectivity index (χ4v) is 2.09. The zero-order valence-corrected chi connectivity index (χ0v) is 13.9. The number of hydrogen-bond acceptors (Lipinski definition) is 4. The predicted molar refractivity (Wildman–Crippen MR) is 91.6 cm³/mol.